The van der Waals surface area contributed by atoms with Crippen molar-refractivity contribution in [1.82, 2.24) is 0 Å². The van der Waals surface area contributed by atoms with Crippen LogP contribution >= 0.6 is 11.6 Å². The van der Waals surface area contributed by atoms with Crippen LogP contribution in [0, 0.1) is 0 Å². The van der Waals surface area contributed by atoms with Gasteiger partial charge in [0, 0.05) is 5.02 Å². The van der Waals surface area contributed by atoms with E-state index in [-0.39, 0.29) is 12.4 Å². The molecule has 9 heteroatoms. The summed E-state index contributed by atoms with van der Waals surface area (Å²) >= 11 is 5.82. The molecule has 0 atom stereocenters. The van der Waals surface area contributed by atoms with E-state index >= 15 is 0 Å². The third-order valence-corrected chi connectivity index (χ3v) is 3.61. The predicted octanol–water partition coefficient (Wildman–Crippen LogP) is 2.98. The van der Waals surface area contributed by atoms with E-state index in [1.807, 2.05) is 0 Å². The lowest BCUT2D eigenvalue weighted by molar-refractivity contribution is -0.149. The third-order valence-electron chi connectivity index (χ3n) is 3.36. The number of hydrogen-bond acceptors (Lipinski definition) is 7. The van der Waals surface area contributed by atoms with Crippen molar-refractivity contribution < 1.29 is 23.9 Å². The monoisotopic (exact) mass is 405 g/mol. The summed E-state index contributed by atoms with van der Waals surface area (Å²) in [6.45, 7) is 1.27. The number of carbonyl (C=O) groups excluding carboxylic acids is 1. The molecule has 2 N–H and O–H groups in total. The molecule has 8 nitrogen and oxygen atoms in total. The summed E-state index contributed by atoms with van der Waals surface area (Å²) in [6, 6.07) is 14.0. The van der Waals surface area contributed by atoms with Gasteiger partial charge in [0.1, 0.15) is 18.1 Å². The average molecular weight is 406 g/mol. The second-order valence-corrected chi connectivity index (χ2v) is 5.90. The van der Waals surface area contributed by atoms with Gasteiger partial charge in [0.2, 0.25) is 6.61 Å². The first kappa shape index (κ1) is 21.0. The lowest BCUT2D eigenvalue weighted by Crippen LogP contribution is -2.22. The second-order valence-electron chi connectivity index (χ2n) is 5.47. The van der Waals surface area contributed by atoms with Crippen LogP contribution in [0.3, 0.4) is 0 Å². The average Bonchev–Trinajstić information content (AvgIpc) is 2.71. The van der Waals surface area contributed by atoms with Crippen molar-refractivity contribution in [2.75, 3.05) is 20.3 Å². The molecule has 0 unspecified atom stereocenters. The van der Waals surface area contributed by atoms with Crippen molar-refractivity contribution in [2.45, 2.75) is 6.92 Å². The van der Waals surface area contributed by atoms with E-state index < -0.39 is 12.6 Å². The number of nitrogens with two attached hydrogens (primary N) is 1. The van der Waals surface area contributed by atoms with Gasteiger partial charge in [-0.25, -0.2) is 4.79 Å². The Bertz CT molecular complexity index is 836. The van der Waals surface area contributed by atoms with Gasteiger partial charge in [0.25, 0.3) is 0 Å². The molecule has 2 aromatic carbocycles. The standard InChI is InChI=1S/C19H20ClN3O5/c1-13(14-3-5-15(20)6-4-14)22-27-12-19(24)28-23-18(21)11-26-17-9-7-16(25-2)8-10-17/h3-10H,11-12H2,1-2H3,(H2,21,23). The van der Waals surface area contributed by atoms with Crippen molar-refractivity contribution in [1.29, 1.82) is 0 Å². The highest BCUT2D eigenvalue weighted by Crippen LogP contribution is 2.16. The zero-order valence-electron chi connectivity index (χ0n) is 15.4. The number of methoxy groups -OCH3 is 1. The highest BCUT2D eigenvalue weighted by molar-refractivity contribution is 6.30. The van der Waals surface area contributed by atoms with E-state index in [2.05, 4.69) is 15.1 Å². The van der Waals surface area contributed by atoms with Crippen molar-refractivity contribution >= 4 is 29.1 Å². The topological polar surface area (TPSA) is 105 Å². The number of carbonyl (C=O) groups is 1. The van der Waals surface area contributed by atoms with Crippen LogP contribution in [0.2, 0.25) is 5.02 Å². The molecule has 0 radical (unpaired) electrons. The summed E-state index contributed by atoms with van der Waals surface area (Å²) < 4.78 is 10.5. The maximum Gasteiger partial charge on any atom is 0.374 e. The fraction of sp³-hybridized carbons (Fsp3) is 0.211. The number of amidine groups is 1. The van der Waals surface area contributed by atoms with E-state index in [1.165, 1.54) is 0 Å². The first-order valence-electron chi connectivity index (χ1n) is 8.19. The van der Waals surface area contributed by atoms with Crippen LogP contribution in [0.15, 0.2) is 58.8 Å². The van der Waals surface area contributed by atoms with Crippen LogP contribution in [0.5, 0.6) is 11.5 Å². The van der Waals surface area contributed by atoms with Crippen molar-refractivity contribution in [3.05, 3.63) is 59.1 Å². The first-order chi connectivity index (χ1) is 13.5. The van der Waals surface area contributed by atoms with E-state index in [1.54, 1.807) is 62.6 Å². The second kappa shape index (κ2) is 10.8. The van der Waals surface area contributed by atoms with Crippen LogP contribution in [0.25, 0.3) is 0 Å². The van der Waals surface area contributed by atoms with E-state index in [0.29, 0.717) is 22.2 Å². The Labute approximate surface area is 167 Å². The summed E-state index contributed by atoms with van der Waals surface area (Å²) in [5.74, 6) is 0.516. The summed E-state index contributed by atoms with van der Waals surface area (Å²) in [4.78, 5) is 21.2. The largest absolute Gasteiger partial charge is 0.497 e. The number of halogens is 1. The summed E-state index contributed by atoms with van der Waals surface area (Å²) in [5, 5.41) is 7.95. The molecule has 148 valence electrons. The predicted molar refractivity (Wildman–Crippen MR) is 106 cm³/mol. The Kier molecular flexibility index (Phi) is 8.11. The molecule has 0 aromatic heterocycles. The molecule has 2 rings (SSSR count). The molecule has 0 saturated heterocycles. The minimum atomic E-state index is -0.750. The van der Waals surface area contributed by atoms with Crippen LogP contribution in [0.4, 0.5) is 0 Å². The van der Waals surface area contributed by atoms with Crippen LogP contribution < -0.4 is 15.2 Å². The molecule has 0 fully saturated rings. The van der Waals surface area contributed by atoms with Gasteiger partial charge in [-0.1, -0.05) is 34.0 Å². The number of oxime groups is 2. The molecule has 28 heavy (non-hydrogen) atoms. The van der Waals surface area contributed by atoms with Crippen molar-refractivity contribution in [3.63, 3.8) is 0 Å². The molecule has 0 heterocycles. The Morgan fingerprint density at radius 3 is 2.29 bits per heavy atom. The minimum absolute atomic E-state index is 0.00925. The quantitative estimate of drug-likeness (QED) is 0.297. The Hall–Kier alpha value is -3.26. The van der Waals surface area contributed by atoms with E-state index in [9.17, 15) is 4.79 Å². The van der Waals surface area contributed by atoms with Gasteiger partial charge in [-0.05, 0) is 48.9 Å². The zero-order valence-corrected chi connectivity index (χ0v) is 16.2. The first-order valence-corrected chi connectivity index (χ1v) is 8.57. The maximum atomic E-state index is 11.6. The highest BCUT2D eigenvalue weighted by Gasteiger charge is 2.05. The highest BCUT2D eigenvalue weighted by atomic mass is 35.5. The van der Waals surface area contributed by atoms with Gasteiger partial charge in [-0.3, -0.25) is 0 Å². The Morgan fingerprint density at radius 2 is 1.64 bits per heavy atom. The number of nitrogens with zero attached hydrogens (tertiary/aromatic N) is 2. The van der Waals surface area contributed by atoms with Gasteiger partial charge in [0.05, 0.1) is 12.8 Å². The SMILES string of the molecule is COc1ccc(OC/C(N)=N/OC(=O)CON=C(C)c2ccc(Cl)cc2)cc1. The summed E-state index contributed by atoms with van der Waals surface area (Å²) in [6.07, 6.45) is 0. The molecule has 0 bridgehead atoms. The number of hydrogen-bond donors (Lipinski definition) is 1. The molecular weight excluding hydrogens is 386 g/mol. The molecule has 0 spiro atoms. The molecule has 0 saturated carbocycles. The smallest absolute Gasteiger partial charge is 0.374 e. The lowest BCUT2D eigenvalue weighted by Gasteiger charge is -2.06. The maximum absolute atomic E-state index is 11.6. The molecular formula is C19H20ClN3O5. The minimum Gasteiger partial charge on any atom is -0.497 e. The fourth-order valence-corrected chi connectivity index (χ4v) is 2.04. The third kappa shape index (κ3) is 7.16. The van der Waals surface area contributed by atoms with E-state index in [0.717, 1.165) is 5.56 Å². The summed E-state index contributed by atoms with van der Waals surface area (Å²) in [7, 11) is 1.57. The van der Waals surface area contributed by atoms with Gasteiger partial charge in [-0.15, -0.1) is 0 Å². The number of benzene rings is 2. The Balaban J connectivity index is 1.72. The Morgan fingerprint density at radius 1 is 1.00 bits per heavy atom. The van der Waals surface area contributed by atoms with Gasteiger partial charge in [0.15, 0.2) is 5.84 Å². The van der Waals surface area contributed by atoms with Crippen molar-refractivity contribution in [2.24, 2.45) is 16.0 Å². The van der Waals surface area contributed by atoms with Gasteiger partial charge >= 0.3 is 5.97 Å². The molecule has 2 aromatic rings. The van der Waals surface area contributed by atoms with Crippen molar-refractivity contribution in [3.8, 4) is 11.5 Å². The van der Waals surface area contributed by atoms with Crippen LogP contribution in [0.1, 0.15) is 12.5 Å². The molecule has 0 amide bonds. The molecule has 0 aliphatic heterocycles. The zero-order chi connectivity index (χ0) is 20.4. The molecule has 0 aliphatic rings. The van der Waals surface area contributed by atoms with Crippen LogP contribution in [-0.2, 0) is 14.5 Å². The number of ether oxygens (including phenoxy) is 2. The summed E-state index contributed by atoms with van der Waals surface area (Å²) in [5.41, 5.74) is 7.03. The number of rotatable bonds is 9. The molecule has 0 aliphatic carbocycles. The van der Waals surface area contributed by atoms with Crippen LogP contribution in [-0.4, -0.2) is 37.8 Å². The normalized spacial score (nSPS) is 11.7. The fourth-order valence-electron chi connectivity index (χ4n) is 1.92. The van der Waals surface area contributed by atoms with Gasteiger partial charge in [-0.2, -0.15) is 0 Å². The van der Waals surface area contributed by atoms with Gasteiger partial charge < -0.3 is 24.9 Å². The van der Waals surface area contributed by atoms with E-state index in [4.69, 9.17) is 31.6 Å². The lowest BCUT2D eigenvalue weighted by atomic mass is 10.1.